The summed E-state index contributed by atoms with van der Waals surface area (Å²) >= 11 is 0. The maximum Gasteiger partial charge on any atom is 0.231 e. The molecule has 0 saturated heterocycles. The van der Waals surface area contributed by atoms with E-state index in [9.17, 15) is 9.18 Å². The van der Waals surface area contributed by atoms with E-state index in [1.165, 1.54) is 14.2 Å². The van der Waals surface area contributed by atoms with E-state index in [0.29, 0.717) is 23.7 Å². The zero-order valence-corrected chi connectivity index (χ0v) is 18.7. The first-order chi connectivity index (χ1) is 15.8. The lowest BCUT2D eigenvalue weighted by Gasteiger charge is -2.32. The van der Waals surface area contributed by atoms with Gasteiger partial charge in [-0.1, -0.05) is 18.2 Å². The van der Waals surface area contributed by atoms with Crippen LogP contribution >= 0.6 is 0 Å². The summed E-state index contributed by atoms with van der Waals surface area (Å²) in [5.41, 5.74) is 6.73. The van der Waals surface area contributed by atoms with Gasteiger partial charge in [0.2, 0.25) is 5.91 Å². The largest absolute Gasteiger partial charge is 0.497 e. The van der Waals surface area contributed by atoms with E-state index in [2.05, 4.69) is 20.6 Å². The molecule has 0 aliphatic carbocycles. The smallest absolute Gasteiger partial charge is 0.231 e. The molecular weight excluding hydrogens is 425 g/mol. The summed E-state index contributed by atoms with van der Waals surface area (Å²) in [7, 11) is 3.07. The summed E-state index contributed by atoms with van der Waals surface area (Å²) in [5, 5.41) is 7.21. The molecule has 5 N–H and O–H groups in total. The number of hydrogen-bond acceptors (Lipinski definition) is 6. The molecule has 2 heterocycles. The Morgan fingerprint density at radius 3 is 2.52 bits per heavy atom. The number of benzene rings is 2. The number of aromatic amines is 1. The Morgan fingerprint density at radius 1 is 1.18 bits per heavy atom. The van der Waals surface area contributed by atoms with Crippen LogP contribution in [-0.4, -0.2) is 30.9 Å². The van der Waals surface area contributed by atoms with Crippen LogP contribution in [0.4, 0.5) is 10.1 Å². The van der Waals surface area contributed by atoms with Crippen molar-refractivity contribution in [1.29, 1.82) is 0 Å². The number of primary amides is 1. The van der Waals surface area contributed by atoms with Crippen LogP contribution in [0.5, 0.6) is 11.5 Å². The highest BCUT2D eigenvalue weighted by Gasteiger charge is 2.42. The van der Waals surface area contributed by atoms with Gasteiger partial charge in [0.1, 0.15) is 28.6 Å². The second kappa shape index (κ2) is 8.85. The van der Waals surface area contributed by atoms with Gasteiger partial charge < -0.3 is 30.8 Å². The van der Waals surface area contributed by atoms with Crippen molar-refractivity contribution in [2.75, 3.05) is 19.5 Å². The summed E-state index contributed by atoms with van der Waals surface area (Å²) in [6.45, 7) is 1.89. The summed E-state index contributed by atoms with van der Waals surface area (Å²) in [6, 6.07) is 15.0. The number of aromatic nitrogens is 1. The lowest BCUT2D eigenvalue weighted by molar-refractivity contribution is -0.123. The number of halogens is 1. The highest BCUT2D eigenvalue weighted by Crippen LogP contribution is 2.36. The Balaban J connectivity index is 1.62. The first-order valence-electron chi connectivity index (χ1n) is 10.4. The number of amides is 1. The fourth-order valence-corrected chi connectivity index (χ4v) is 3.70. The molecule has 2 aromatic carbocycles. The van der Waals surface area contributed by atoms with Gasteiger partial charge in [0, 0.05) is 41.5 Å². The minimum atomic E-state index is -1.35. The number of H-pyrrole nitrogens is 1. The quantitative estimate of drug-likeness (QED) is 0.436. The maximum absolute atomic E-state index is 15.0. The number of nitrogens with two attached hydrogens (primary N) is 1. The van der Waals surface area contributed by atoms with E-state index < -0.39 is 17.1 Å². The lowest BCUT2D eigenvalue weighted by Crippen LogP contribution is -2.47. The van der Waals surface area contributed by atoms with Crippen molar-refractivity contribution in [1.82, 2.24) is 10.3 Å². The number of carbonyl (C=O) groups excluding carboxylic acids is 1. The number of nitrogens with one attached hydrogen (secondary N) is 3. The number of carbonyl (C=O) groups is 1. The molecule has 0 saturated carbocycles. The second-order valence-corrected chi connectivity index (χ2v) is 8.05. The molecule has 9 heteroatoms. The molecule has 0 radical (unpaired) electrons. The fraction of sp³-hybridized carbons (Fsp3) is 0.250. The Kier molecular flexibility index (Phi) is 5.95. The molecule has 172 valence electrons. The van der Waals surface area contributed by atoms with Crippen LogP contribution in [0.15, 0.2) is 65.2 Å². The summed E-state index contributed by atoms with van der Waals surface area (Å²) < 4.78 is 25.6. The monoisotopic (exact) mass is 451 g/mol. The van der Waals surface area contributed by atoms with Gasteiger partial charge in [-0.15, -0.1) is 0 Å². The first-order valence-corrected chi connectivity index (χ1v) is 10.4. The van der Waals surface area contributed by atoms with E-state index in [1.807, 2.05) is 30.3 Å². The van der Waals surface area contributed by atoms with Gasteiger partial charge in [0.05, 0.1) is 20.8 Å². The second-order valence-electron chi connectivity index (χ2n) is 8.05. The molecule has 8 nitrogen and oxygen atoms in total. The number of methoxy groups -OCH3 is 2. The average Bonchev–Trinajstić information content (AvgIpc) is 3.22. The molecule has 1 amide bonds. The molecule has 1 aliphatic rings. The Labute approximate surface area is 190 Å². The van der Waals surface area contributed by atoms with Crippen LogP contribution in [0.2, 0.25) is 0 Å². The van der Waals surface area contributed by atoms with E-state index in [1.54, 1.807) is 25.1 Å². The van der Waals surface area contributed by atoms with Gasteiger partial charge >= 0.3 is 0 Å². The normalized spacial score (nSPS) is 18.1. The summed E-state index contributed by atoms with van der Waals surface area (Å²) in [5.74, 6) is 0.144. The number of hydrogen-bond donors (Lipinski definition) is 4. The zero-order chi connectivity index (χ0) is 23.6. The van der Waals surface area contributed by atoms with Crippen LogP contribution in [-0.2, 0) is 11.3 Å². The van der Waals surface area contributed by atoms with Crippen molar-refractivity contribution in [2.24, 2.45) is 16.1 Å². The summed E-state index contributed by atoms with van der Waals surface area (Å²) in [6.07, 6.45) is -0.218. The molecule has 0 bridgehead atoms. The van der Waals surface area contributed by atoms with Crippen LogP contribution in [0.25, 0.3) is 10.9 Å². The van der Waals surface area contributed by atoms with Crippen molar-refractivity contribution in [3.05, 3.63) is 65.9 Å². The van der Waals surface area contributed by atoms with E-state index in [0.717, 1.165) is 16.6 Å². The third-order valence-electron chi connectivity index (χ3n) is 5.70. The molecule has 33 heavy (non-hydrogen) atoms. The number of anilines is 1. The predicted octanol–water partition coefficient (Wildman–Crippen LogP) is 3.82. The first kappa shape index (κ1) is 22.2. The number of nitrogens with zero attached hydrogens (tertiary/aromatic N) is 1. The number of aliphatic imine (C=N–C) groups is 1. The molecule has 0 fully saturated rings. The van der Waals surface area contributed by atoms with E-state index in [-0.39, 0.29) is 18.1 Å². The van der Waals surface area contributed by atoms with Crippen molar-refractivity contribution >= 4 is 28.3 Å². The van der Waals surface area contributed by atoms with Gasteiger partial charge in [0.25, 0.3) is 0 Å². The minimum absolute atomic E-state index is 0.0461. The Morgan fingerprint density at radius 2 is 1.88 bits per heavy atom. The van der Waals surface area contributed by atoms with Crippen LogP contribution in [0.1, 0.15) is 19.0 Å². The summed E-state index contributed by atoms with van der Waals surface area (Å²) in [4.78, 5) is 20.0. The molecule has 4 rings (SSSR count). The highest BCUT2D eigenvalue weighted by atomic mass is 19.1. The van der Waals surface area contributed by atoms with Gasteiger partial charge in [-0.05, 0) is 24.4 Å². The highest BCUT2D eigenvalue weighted by molar-refractivity contribution is 6.13. The molecule has 0 spiro atoms. The molecule has 1 unspecified atom stereocenters. The average molecular weight is 452 g/mol. The lowest BCUT2D eigenvalue weighted by atomic mass is 9.82. The van der Waals surface area contributed by atoms with Gasteiger partial charge in [-0.3, -0.25) is 4.79 Å². The SMILES string of the molecule is COc1cc(NC2=NC(NCc3cc4ccccc4[nH]3)=C(F)CC2(C)C(N)=O)cc(OC)c1. The number of amidine groups is 1. The van der Waals surface area contributed by atoms with Crippen LogP contribution < -0.4 is 25.8 Å². The molecule has 1 aromatic heterocycles. The third kappa shape index (κ3) is 4.48. The Bertz CT molecular complexity index is 1210. The van der Waals surface area contributed by atoms with Crippen molar-refractivity contribution < 1.29 is 18.7 Å². The number of ether oxygens (including phenoxy) is 2. The molecular formula is C24H26FN5O3. The van der Waals surface area contributed by atoms with Crippen molar-refractivity contribution in [3.63, 3.8) is 0 Å². The fourth-order valence-electron chi connectivity index (χ4n) is 3.70. The number of rotatable bonds is 7. The number of fused-ring (bicyclic) bond motifs is 1. The predicted molar refractivity (Wildman–Crippen MR) is 126 cm³/mol. The van der Waals surface area contributed by atoms with Gasteiger partial charge in [-0.2, -0.15) is 0 Å². The van der Waals surface area contributed by atoms with Crippen molar-refractivity contribution in [2.45, 2.75) is 19.9 Å². The van der Waals surface area contributed by atoms with Crippen LogP contribution in [0, 0.1) is 5.41 Å². The molecule has 1 atom stereocenters. The zero-order valence-electron chi connectivity index (χ0n) is 18.7. The maximum atomic E-state index is 15.0. The van der Waals surface area contributed by atoms with Gasteiger partial charge in [-0.25, -0.2) is 9.38 Å². The molecule has 1 aliphatic heterocycles. The van der Waals surface area contributed by atoms with Crippen LogP contribution in [0.3, 0.4) is 0 Å². The third-order valence-corrected chi connectivity index (χ3v) is 5.70. The van der Waals surface area contributed by atoms with Crippen molar-refractivity contribution in [3.8, 4) is 11.5 Å². The topological polar surface area (TPSA) is 114 Å². The Hall–Kier alpha value is -4.01. The molecule has 3 aromatic rings. The standard InChI is InChI=1S/C24H26FN5O3/c1-24(22(26)31)12-19(25)21(27-13-16-8-14-6-4-5-7-20(14)28-16)30-23(24)29-15-9-17(32-2)11-18(10-15)33-3/h4-11,27-28H,12-13H2,1-3H3,(H2,26,31)(H,29,30). The minimum Gasteiger partial charge on any atom is -0.497 e. The van der Waals surface area contributed by atoms with Gasteiger partial charge in [0.15, 0.2) is 5.82 Å². The number of allylic oxidation sites excluding steroid dienone is 1. The number of para-hydroxylation sites is 1. The van der Waals surface area contributed by atoms with E-state index in [4.69, 9.17) is 15.2 Å². The van der Waals surface area contributed by atoms with E-state index >= 15 is 0 Å².